The van der Waals surface area contributed by atoms with Crippen molar-refractivity contribution in [2.45, 2.75) is 0 Å². The van der Waals surface area contributed by atoms with Crippen molar-refractivity contribution in [2.75, 3.05) is 5.32 Å². The number of fused-ring (bicyclic) bond motifs is 1. The van der Waals surface area contributed by atoms with Gasteiger partial charge in [0.25, 0.3) is 5.91 Å². The van der Waals surface area contributed by atoms with E-state index in [1.54, 1.807) is 36.4 Å². The fourth-order valence-electron chi connectivity index (χ4n) is 2.55. The van der Waals surface area contributed by atoms with Crippen LogP contribution in [0.1, 0.15) is 10.4 Å². The highest BCUT2D eigenvalue weighted by molar-refractivity contribution is 6.33. The summed E-state index contributed by atoms with van der Waals surface area (Å²) < 4.78 is 5.82. The number of anilines is 1. The average molecular weight is 349 g/mol. The second-order valence-corrected chi connectivity index (χ2v) is 5.91. The van der Waals surface area contributed by atoms with Gasteiger partial charge >= 0.3 is 0 Å². The summed E-state index contributed by atoms with van der Waals surface area (Å²) in [5, 5.41) is 3.43. The van der Waals surface area contributed by atoms with Gasteiger partial charge in [-0.1, -0.05) is 41.9 Å². The Morgan fingerprint density at radius 1 is 0.960 bits per heavy atom. The summed E-state index contributed by atoms with van der Waals surface area (Å²) in [5.74, 6) is 0.276. The van der Waals surface area contributed by atoms with Crippen molar-refractivity contribution in [2.24, 2.45) is 0 Å². The first-order valence-electron chi connectivity index (χ1n) is 7.72. The first-order chi connectivity index (χ1) is 12.2. The topological polar surface area (TPSA) is 55.1 Å². The molecule has 0 saturated heterocycles. The van der Waals surface area contributed by atoms with Gasteiger partial charge in [-0.25, -0.2) is 4.98 Å². The lowest BCUT2D eigenvalue weighted by molar-refractivity contribution is 0.102. The van der Waals surface area contributed by atoms with Gasteiger partial charge < -0.3 is 9.73 Å². The lowest BCUT2D eigenvalue weighted by atomic mass is 10.2. The number of rotatable bonds is 3. The molecular formula is C20H13ClN2O2. The Morgan fingerprint density at radius 3 is 2.52 bits per heavy atom. The highest BCUT2D eigenvalue weighted by Crippen LogP contribution is 2.30. The normalized spacial score (nSPS) is 10.8. The van der Waals surface area contributed by atoms with E-state index in [4.69, 9.17) is 16.0 Å². The van der Waals surface area contributed by atoms with Crippen LogP contribution in [-0.2, 0) is 0 Å². The van der Waals surface area contributed by atoms with Crippen molar-refractivity contribution < 1.29 is 9.21 Å². The van der Waals surface area contributed by atoms with Crippen LogP contribution in [0, 0.1) is 0 Å². The summed E-state index contributed by atoms with van der Waals surface area (Å²) in [6.45, 7) is 0. The van der Waals surface area contributed by atoms with Crippen LogP contribution in [0.4, 0.5) is 5.69 Å². The lowest BCUT2D eigenvalue weighted by Gasteiger charge is -2.04. The van der Waals surface area contributed by atoms with Gasteiger partial charge in [0.1, 0.15) is 5.52 Å². The van der Waals surface area contributed by atoms with Crippen LogP contribution in [0.5, 0.6) is 0 Å². The van der Waals surface area contributed by atoms with E-state index in [0.717, 1.165) is 5.56 Å². The number of nitrogens with one attached hydrogen (secondary N) is 1. The van der Waals surface area contributed by atoms with Crippen molar-refractivity contribution in [3.05, 3.63) is 83.4 Å². The summed E-state index contributed by atoms with van der Waals surface area (Å²) in [7, 11) is 0. The number of carbonyl (C=O) groups excluding carboxylic acids is 1. The second-order valence-electron chi connectivity index (χ2n) is 5.50. The van der Waals surface area contributed by atoms with E-state index in [9.17, 15) is 4.79 Å². The lowest BCUT2D eigenvalue weighted by Crippen LogP contribution is -2.11. The van der Waals surface area contributed by atoms with Crippen LogP contribution in [-0.4, -0.2) is 10.9 Å². The molecule has 1 heterocycles. The molecule has 0 aliphatic carbocycles. The van der Waals surface area contributed by atoms with Crippen molar-refractivity contribution in [3.8, 4) is 11.5 Å². The summed E-state index contributed by atoms with van der Waals surface area (Å²) in [6, 6.07) is 21.8. The molecule has 122 valence electrons. The molecule has 0 radical (unpaired) electrons. The van der Waals surface area contributed by atoms with E-state index in [2.05, 4.69) is 10.3 Å². The molecule has 4 aromatic rings. The van der Waals surface area contributed by atoms with Gasteiger partial charge in [0, 0.05) is 17.3 Å². The number of amides is 1. The van der Waals surface area contributed by atoms with Gasteiger partial charge in [-0.3, -0.25) is 4.79 Å². The molecular weight excluding hydrogens is 336 g/mol. The van der Waals surface area contributed by atoms with Crippen LogP contribution >= 0.6 is 11.6 Å². The Morgan fingerprint density at radius 2 is 1.72 bits per heavy atom. The zero-order valence-corrected chi connectivity index (χ0v) is 13.8. The molecule has 0 saturated carbocycles. The minimum Gasteiger partial charge on any atom is -0.436 e. The molecule has 25 heavy (non-hydrogen) atoms. The van der Waals surface area contributed by atoms with Crippen molar-refractivity contribution in [3.63, 3.8) is 0 Å². The van der Waals surface area contributed by atoms with Gasteiger partial charge in [0.2, 0.25) is 5.89 Å². The van der Waals surface area contributed by atoms with Gasteiger partial charge in [-0.05, 0) is 36.4 Å². The number of benzene rings is 3. The fourth-order valence-corrected chi connectivity index (χ4v) is 2.76. The van der Waals surface area contributed by atoms with E-state index < -0.39 is 0 Å². The van der Waals surface area contributed by atoms with E-state index in [1.165, 1.54) is 0 Å². The maximum atomic E-state index is 12.2. The number of hydrogen-bond donors (Lipinski definition) is 1. The Balaban J connectivity index is 1.65. The molecule has 0 spiro atoms. The Labute approximate surface area is 149 Å². The minimum absolute atomic E-state index is 0.175. The van der Waals surface area contributed by atoms with Crippen molar-refractivity contribution in [1.29, 1.82) is 0 Å². The van der Waals surface area contributed by atoms with Crippen molar-refractivity contribution >= 4 is 34.3 Å². The zero-order valence-electron chi connectivity index (χ0n) is 13.1. The third-order valence-corrected chi connectivity index (χ3v) is 4.12. The van der Waals surface area contributed by atoms with Gasteiger partial charge in [0.15, 0.2) is 5.58 Å². The zero-order chi connectivity index (χ0) is 17.2. The van der Waals surface area contributed by atoms with Gasteiger partial charge in [0.05, 0.1) is 10.6 Å². The maximum Gasteiger partial charge on any atom is 0.255 e. The third-order valence-electron chi connectivity index (χ3n) is 3.79. The molecule has 0 fully saturated rings. The summed E-state index contributed by atoms with van der Waals surface area (Å²) in [5.41, 5.74) is 3.25. The Hall–Kier alpha value is -3.11. The molecule has 0 aliphatic heterocycles. The SMILES string of the molecule is O=C(Nc1ccc2nc(-c3ccccc3Cl)oc2c1)c1ccccc1. The van der Waals surface area contributed by atoms with Crippen LogP contribution in [0.2, 0.25) is 5.02 Å². The number of nitrogens with zero attached hydrogens (tertiary/aromatic N) is 1. The third kappa shape index (κ3) is 3.12. The summed E-state index contributed by atoms with van der Waals surface area (Å²) in [6.07, 6.45) is 0. The van der Waals surface area contributed by atoms with Gasteiger partial charge in [-0.15, -0.1) is 0 Å². The molecule has 0 bridgehead atoms. The highest BCUT2D eigenvalue weighted by atomic mass is 35.5. The predicted molar refractivity (Wildman–Crippen MR) is 98.9 cm³/mol. The first kappa shape index (κ1) is 15.4. The number of oxazole rings is 1. The molecule has 4 rings (SSSR count). The smallest absolute Gasteiger partial charge is 0.255 e. The van der Waals surface area contributed by atoms with Crippen LogP contribution < -0.4 is 5.32 Å². The van der Waals surface area contributed by atoms with Crippen LogP contribution in [0.25, 0.3) is 22.6 Å². The highest BCUT2D eigenvalue weighted by Gasteiger charge is 2.12. The molecule has 0 aliphatic rings. The number of hydrogen-bond acceptors (Lipinski definition) is 3. The Bertz CT molecular complexity index is 1060. The first-order valence-corrected chi connectivity index (χ1v) is 8.10. The molecule has 1 amide bonds. The summed E-state index contributed by atoms with van der Waals surface area (Å²) >= 11 is 6.20. The average Bonchev–Trinajstić information content (AvgIpc) is 3.06. The molecule has 1 N–H and O–H groups in total. The van der Waals surface area contributed by atoms with Crippen LogP contribution in [0.3, 0.4) is 0 Å². The predicted octanol–water partition coefficient (Wildman–Crippen LogP) is 5.40. The Kier molecular flexibility index (Phi) is 3.96. The minimum atomic E-state index is -0.175. The number of aromatic nitrogens is 1. The molecule has 1 aromatic heterocycles. The standard InChI is InChI=1S/C20H13ClN2O2/c21-16-9-5-4-8-15(16)20-23-17-11-10-14(12-18(17)25-20)22-19(24)13-6-2-1-3-7-13/h1-12H,(H,22,24). The largest absolute Gasteiger partial charge is 0.436 e. The van der Waals surface area contributed by atoms with E-state index in [-0.39, 0.29) is 5.91 Å². The van der Waals surface area contributed by atoms with E-state index in [0.29, 0.717) is 33.3 Å². The maximum absolute atomic E-state index is 12.2. The number of carbonyl (C=O) groups is 1. The van der Waals surface area contributed by atoms with Gasteiger partial charge in [-0.2, -0.15) is 0 Å². The quantitative estimate of drug-likeness (QED) is 0.539. The van der Waals surface area contributed by atoms with E-state index in [1.807, 2.05) is 36.4 Å². The second kappa shape index (κ2) is 6.42. The molecule has 0 unspecified atom stereocenters. The van der Waals surface area contributed by atoms with E-state index >= 15 is 0 Å². The molecule has 0 atom stereocenters. The summed E-state index contributed by atoms with van der Waals surface area (Å²) in [4.78, 5) is 16.7. The number of halogens is 1. The molecule has 4 nitrogen and oxygen atoms in total. The fraction of sp³-hybridized carbons (Fsp3) is 0. The van der Waals surface area contributed by atoms with Crippen molar-refractivity contribution in [1.82, 2.24) is 4.98 Å². The molecule has 5 heteroatoms. The van der Waals surface area contributed by atoms with Crippen LogP contribution in [0.15, 0.2) is 77.2 Å². The molecule has 3 aromatic carbocycles. The monoisotopic (exact) mass is 348 g/mol.